The van der Waals surface area contributed by atoms with Gasteiger partial charge in [-0.15, -0.1) is 0 Å². The van der Waals surface area contributed by atoms with E-state index in [4.69, 9.17) is 0 Å². The van der Waals surface area contributed by atoms with Gasteiger partial charge in [0.15, 0.2) is 0 Å². The largest absolute Gasteiger partial charge is 1.00 e. The van der Waals surface area contributed by atoms with Crippen molar-refractivity contribution in [1.82, 2.24) is 0 Å². The van der Waals surface area contributed by atoms with Crippen LogP contribution in [-0.2, 0) is 20.4 Å². The third kappa shape index (κ3) is 5.40. The minimum absolute atomic E-state index is 0. The van der Waals surface area contributed by atoms with Gasteiger partial charge in [0.1, 0.15) is 0 Å². The summed E-state index contributed by atoms with van der Waals surface area (Å²) < 4.78 is 1.65. The molecule has 156 valence electrons. The molecule has 1 aliphatic carbocycles. The third-order valence-electron chi connectivity index (χ3n) is 6.69. The summed E-state index contributed by atoms with van der Waals surface area (Å²) in [4.78, 5) is 0. The quantitative estimate of drug-likeness (QED) is 0.382. The van der Waals surface area contributed by atoms with E-state index in [2.05, 4.69) is 81.5 Å². The molecule has 0 saturated carbocycles. The van der Waals surface area contributed by atoms with Crippen LogP contribution < -0.4 is 42.4 Å². The summed E-state index contributed by atoms with van der Waals surface area (Å²) in [6.07, 6.45) is 7.52. The molecule has 2 rings (SSSR count). The molecule has 28 heavy (non-hydrogen) atoms. The first-order valence-corrected chi connectivity index (χ1v) is 13.4. The summed E-state index contributed by atoms with van der Waals surface area (Å²) in [5.74, 6) is 0. The molecule has 0 heterocycles. The van der Waals surface area contributed by atoms with Crippen LogP contribution in [0.4, 0.5) is 0 Å². The smallest absolute Gasteiger partial charge is 1.00 e. The van der Waals surface area contributed by atoms with Crippen molar-refractivity contribution in [3.05, 3.63) is 48.5 Å². The monoisotopic (exact) mass is 492 g/mol. The zero-order valence-electron chi connectivity index (χ0n) is 18.7. The van der Waals surface area contributed by atoms with Crippen LogP contribution in [0.5, 0.6) is 0 Å². The van der Waals surface area contributed by atoms with Gasteiger partial charge in [0.05, 0.1) is 0 Å². The second-order valence-corrected chi connectivity index (χ2v) is 13.2. The number of benzene rings is 1. The van der Waals surface area contributed by atoms with Crippen molar-refractivity contribution in [3.63, 3.8) is 0 Å². The van der Waals surface area contributed by atoms with Crippen molar-refractivity contribution in [3.8, 4) is 0 Å². The molecule has 1 aliphatic rings. The Labute approximate surface area is 205 Å². The Balaban J connectivity index is 0. The van der Waals surface area contributed by atoms with Gasteiger partial charge in [-0.05, 0) is 0 Å². The molecule has 0 spiro atoms. The number of halogens is 3. The van der Waals surface area contributed by atoms with Crippen LogP contribution in [-0.4, -0.2) is 8.07 Å². The van der Waals surface area contributed by atoms with Crippen molar-refractivity contribution >= 4 is 13.3 Å². The van der Waals surface area contributed by atoms with Crippen molar-refractivity contribution in [2.24, 2.45) is 0 Å². The van der Waals surface area contributed by atoms with Crippen molar-refractivity contribution < 1.29 is 57.7 Å². The van der Waals surface area contributed by atoms with Crippen LogP contribution in [0.2, 0.25) is 12.6 Å². The summed E-state index contributed by atoms with van der Waals surface area (Å²) in [5, 5.41) is 3.54. The molecule has 1 aromatic carbocycles. The Morgan fingerprint density at radius 3 is 1.75 bits per heavy atom. The maximum Gasteiger partial charge on any atom is -1.00 e. The van der Waals surface area contributed by atoms with Crippen LogP contribution in [0.3, 0.4) is 0 Å². The number of unbranched alkanes of at least 4 members (excludes halogenated alkanes) is 1. The van der Waals surface area contributed by atoms with E-state index < -0.39 is 8.07 Å². The summed E-state index contributed by atoms with van der Waals surface area (Å²) in [6, 6.07) is 1.39. The van der Waals surface area contributed by atoms with Crippen molar-refractivity contribution in [1.29, 1.82) is 0 Å². The Kier molecular flexibility index (Phi) is 13.6. The molecule has 1 atom stereocenters. The van der Waals surface area contributed by atoms with E-state index in [0.29, 0.717) is 0 Å². The Bertz CT molecular complexity index is 724. The van der Waals surface area contributed by atoms with E-state index in [1.807, 2.05) is 0 Å². The maximum atomic E-state index is 2.67. The van der Waals surface area contributed by atoms with Gasteiger partial charge in [-0.1, -0.05) is 0 Å². The molecule has 5 heteroatoms. The van der Waals surface area contributed by atoms with Crippen LogP contribution in [0.15, 0.2) is 20.7 Å². The van der Waals surface area contributed by atoms with E-state index in [1.54, 1.807) is 31.0 Å². The van der Waals surface area contributed by atoms with Crippen molar-refractivity contribution in [2.45, 2.75) is 86.7 Å². The molecule has 0 fully saturated rings. The number of hydrogen-bond donors (Lipinski definition) is 0. The summed E-state index contributed by atoms with van der Waals surface area (Å²) >= 11 is 2.39. The summed E-state index contributed by atoms with van der Waals surface area (Å²) in [5.41, 5.74) is 9.34. The molecule has 1 aromatic rings. The predicted octanol–water partition coefficient (Wildman–Crippen LogP) is -2.59. The van der Waals surface area contributed by atoms with Gasteiger partial charge in [-0.2, -0.15) is 0 Å². The number of allylic oxidation sites excluding steroid dienone is 4. The molecule has 0 radical (unpaired) electrons. The fourth-order valence-corrected chi connectivity index (χ4v) is 12.2. The fraction of sp³-hybridized carbons (Fsp3) is 0.565. The van der Waals surface area contributed by atoms with E-state index in [1.165, 1.54) is 48.4 Å². The van der Waals surface area contributed by atoms with Crippen LogP contribution in [0.25, 0.3) is 0 Å². The topological polar surface area (TPSA) is 0 Å². The SMILES string of the molecule is CCCC[Si](C)(C1=[C]([Ti+3])CC=C1CC)c1c(C)c(C)c(C)c(C)c1C.[Cl-].[Cl-].[Cl-]. The van der Waals surface area contributed by atoms with Gasteiger partial charge in [-0.25, -0.2) is 0 Å². The van der Waals surface area contributed by atoms with Crippen LogP contribution in [0.1, 0.15) is 67.3 Å². The Hall–Kier alpha value is 0.501. The standard InChI is InChI=1S/C23H35Si.3ClH.Ti/c1-9-11-15-24(8,22-14-12-13-21(22)10-2)23-19(6)17(4)16(3)18(5)20(23)7;;;;/h13H,9-12,15H2,1-8H3;3*1H;/q;;;;+3/p-3. The van der Waals surface area contributed by atoms with E-state index >= 15 is 0 Å². The predicted molar refractivity (Wildman–Crippen MR) is 111 cm³/mol. The maximum absolute atomic E-state index is 2.67. The Morgan fingerprint density at radius 1 is 0.857 bits per heavy atom. The first-order valence-electron chi connectivity index (χ1n) is 9.92. The first-order chi connectivity index (χ1) is 11.7. The fourth-order valence-electron chi connectivity index (χ4n) is 4.86. The van der Waals surface area contributed by atoms with Crippen LogP contribution >= 0.6 is 0 Å². The van der Waals surface area contributed by atoms with E-state index in [-0.39, 0.29) is 37.2 Å². The average molecular weight is 494 g/mol. The minimum atomic E-state index is -1.72. The molecule has 0 bridgehead atoms. The molecule has 0 amide bonds. The van der Waals surface area contributed by atoms with Crippen molar-refractivity contribution in [2.75, 3.05) is 0 Å². The van der Waals surface area contributed by atoms with Gasteiger partial charge in [0, 0.05) is 0 Å². The Morgan fingerprint density at radius 2 is 1.32 bits per heavy atom. The normalized spacial score (nSPS) is 15.3. The molecule has 1 unspecified atom stereocenters. The van der Waals surface area contributed by atoms with E-state index in [9.17, 15) is 0 Å². The van der Waals surface area contributed by atoms with Gasteiger partial charge < -0.3 is 37.2 Å². The third-order valence-corrected chi connectivity index (χ3v) is 12.7. The summed E-state index contributed by atoms with van der Waals surface area (Å²) in [7, 11) is -1.72. The molecule has 0 nitrogen and oxygen atoms in total. The number of rotatable bonds is 6. The van der Waals surface area contributed by atoms with Gasteiger partial charge in [0.25, 0.3) is 0 Å². The second-order valence-electron chi connectivity index (χ2n) is 8.08. The molecule has 0 aromatic heterocycles. The van der Waals surface area contributed by atoms with Gasteiger partial charge in [-0.3, -0.25) is 0 Å². The molecule has 0 saturated heterocycles. The summed E-state index contributed by atoms with van der Waals surface area (Å²) in [6.45, 7) is 19.1. The zero-order valence-corrected chi connectivity index (χ0v) is 23.6. The molecule has 0 N–H and O–H groups in total. The molecular formula is C23H35Cl3SiTi. The van der Waals surface area contributed by atoms with Crippen LogP contribution in [0, 0.1) is 34.6 Å². The van der Waals surface area contributed by atoms with Gasteiger partial charge in [0.2, 0.25) is 0 Å². The molecular weight excluding hydrogens is 459 g/mol. The average Bonchev–Trinajstić information content (AvgIpc) is 2.98. The molecule has 0 aliphatic heterocycles. The second kappa shape index (κ2) is 12.4. The minimum Gasteiger partial charge on any atom is -1.00 e. The van der Waals surface area contributed by atoms with Gasteiger partial charge >= 0.3 is 169 Å². The first kappa shape index (κ1) is 30.7. The zero-order chi connectivity index (χ0) is 18.9. The number of hydrogen-bond acceptors (Lipinski definition) is 0. The van der Waals surface area contributed by atoms with E-state index in [0.717, 1.165) is 0 Å².